The van der Waals surface area contributed by atoms with Gasteiger partial charge in [0.1, 0.15) is 23.8 Å². The van der Waals surface area contributed by atoms with E-state index in [9.17, 15) is 29.0 Å². The Morgan fingerprint density at radius 1 is 1.25 bits per heavy atom. The highest BCUT2D eigenvalue weighted by molar-refractivity contribution is 6.30. The molecule has 232 valence electrons. The van der Waals surface area contributed by atoms with Crippen LogP contribution in [0.3, 0.4) is 0 Å². The van der Waals surface area contributed by atoms with Gasteiger partial charge in [0.25, 0.3) is 5.56 Å². The summed E-state index contributed by atoms with van der Waals surface area (Å²) in [4.78, 5) is 47.2. The minimum Gasteiger partial charge on any atom is -0.504 e. The quantitative estimate of drug-likeness (QED) is 0.183. The van der Waals surface area contributed by atoms with Gasteiger partial charge in [-0.1, -0.05) is 11.6 Å². The number of halogens is 3. The Morgan fingerprint density at radius 3 is 2.75 bits per heavy atom. The van der Waals surface area contributed by atoms with E-state index in [1.807, 2.05) is 18.9 Å². The van der Waals surface area contributed by atoms with Crippen LogP contribution in [0.15, 0.2) is 39.7 Å². The van der Waals surface area contributed by atoms with Crippen LogP contribution in [-0.4, -0.2) is 85.3 Å². The van der Waals surface area contributed by atoms with Crippen LogP contribution >= 0.6 is 11.6 Å². The summed E-state index contributed by atoms with van der Waals surface area (Å²) in [6, 6.07) is 1.09. The van der Waals surface area contributed by atoms with Gasteiger partial charge in [-0.2, -0.15) is 0 Å². The van der Waals surface area contributed by atoms with Gasteiger partial charge in [0, 0.05) is 62.0 Å². The predicted octanol–water partition coefficient (Wildman–Crippen LogP) is 2.12. The molecular formula is C29H30ClF2N7O5. The SMILES string of the molecule is C[C@H]1CN(C)CCN1C1=CC(NC(=O)Cn2cc(-c3cc(C=O)c(O)c(O)c3F)c3c(=O)n4c(nc32)CCC4)=C(Cl)C(F)N1. The number of rotatable bonds is 6. The number of nitrogens with one attached hydrogen (secondary N) is 2. The summed E-state index contributed by atoms with van der Waals surface area (Å²) in [5.41, 5.74) is -1.07. The van der Waals surface area contributed by atoms with Crippen molar-refractivity contribution < 1.29 is 28.6 Å². The van der Waals surface area contributed by atoms with E-state index >= 15 is 4.39 Å². The highest BCUT2D eigenvalue weighted by Crippen LogP contribution is 2.40. The average Bonchev–Trinajstić information content (AvgIpc) is 3.60. The van der Waals surface area contributed by atoms with E-state index < -0.39 is 47.2 Å². The van der Waals surface area contributed by atoms with Crippen molar-refractivity contribution in [3.8, 4) is 22.6 Å². The lowest BCUT2D eigenvalue weighted by molar-refractivity contribution is -0.120. The van der Waals surface area contributed by atoms with Crippen LogP contribution in [0, 0.1) is 5.82 Å². The second-order valence-corrected chi connectivity index (χ2v) is 11.7. The molecule has 2 atom stereocenters. The third-order valence-electron chi connectivity index (χ3n) is 8.26. The van der Waals surface area contributed by atoms with E-state index in [0.717, 1.165) is 19.2 Å². The summed E-state index contributed by atoms with van der Waals surface area (Å²) in [7, 11) is 2.00. The molecule has 2 aromatic heterocycles. The molecule has 15 heteroatoms. The number of aryl methyl sites for hydroxylation is 1. The largest absolute Gasteiger partial charge is 0.504 e. The first-order chi connectivity index (χ1) is 21.0. The number of likely N-dealkylation sites (N-methyl/N-ethyl adjacent to an activating group) is 1. The van der Waals surface area contributed by atoms with Gasteiger partial charge in [-0.15, -0.1) is 0 Å². The third-order valence-corrected chi connectivity index (χ3v) is 8.66. The summed E-state index contributed by atoms with van der Waals surface area (Å²) in [5.74, 6) is -2.99. The fourth-order valence-electron chi connectivity index (χ4n) is 6.07. The lowest BCUT2D eigenvalue weighted by atomic mass is 10.0. The molecule has 3 aliphatic heterocycles. The number of dihydropyridines is 1. The van der Waals surface area contributed by atoms with Gasteiger partial charge in [-0.3, -0.25) is 19.0 Å². The van der Waals surface area contributed by atoms with Gasteiger partial charge in [-0.25, -0.2) is 13.8 Å². The molecule has 4 N–H and O–H groups in total. The zero-order chi connectivity index (χ0) is 31.4. The van der Waals surface area contributed by atoms with Crippen molar-refractivity contribution >= 4 is 34.8 Å². The van der Waals surface area contributed by atoms with Gasteiger partial charge in [0.15, 0.2) is 23.6 Å². The number of benzene rings is 1. The second-order valence-electron chi connectivity index (χ2n) is 11.3. The summed E-state index contributed by atoms with van der Waals surface area (Å²) in [6.07, 6.45) is 2.57. The van der Waals surface area contributed by atoms with E-state index in [-0.39, 0.29) is 45.2 Å². The first-order valence-corrected chi connectivity index (χ1v) is 14.5. The molecule has 5 heterocycles. The summed E-state index contributed by atoms with van der Waals surface area (Å²) in [6.45, 7) is 4.18. The van der Waals surface area contributed by atoms with Crippen molar-refractivity contribution in [2.24, 2.45) is 0 Å². The molecule has 12 nitrogen and oxygen atoms in total. The number of fused-ring (bicyclic) bond motifs is 2. The molecule has 1 saturated heterocycles. The number of nitrogens with zero attached hydrogens (tertiary/aromatic N) is 5. The van der Waals surface area contributed by atoms with Crippen LogP contribution in [0.5, 0.6) is 11.5 Å². The topological polar surface area (TPSA) is 145 Å². The number of hydrogen-bond acceptors (Lipinski definition) is 9. The van der Waals surface area contributed by atoms with Gasteiger partial charge in [-0.05, 0) is 26.5 Å². The Kier molecular flexibility index (Phi) is 7.58. The fourth-order valence-corrected chi connectivity index (χ4v) is 6.23. The minimum atomic E-state index is -1.75. The smallest absolute Gasteiger partial charge is 0.263 e. The van der Waals surface area contributed by atoms with Crippen molar-refractivity contribution in [2.45, 2.75) is 45.2 Å². The maximum absolute atomic E-state index is 15.3. The molecule has 0 radical (unpaired) electrons. The first kappa shape index (κ1) is 29.6. The standard InChI is InChI=1S/C29H30ClF2N7O5/c1-14-10-36(2)6-7-38(14)20-9-18(23(30)27(32)34-20)33-21(41)12-37-11-17(16-8-15(13-40)25(42)26(43)24(16)31)22-28(37)35-19-4-3-5-39(19)29(22)44/h8-9,11,13-14,27,34,42-43H,3-7,10,12H2,1-2H3,(H,33,41)/t14-,27?/m0/s1. The molecule has 1 unspecified atom stereocenters. The maximum atomic E-state index is 15.3. The number of aromatic hydroxyl groups is 2. The number of carbonyl (C=O) groups is 2. The number of allylic oxidation sites excluding steroid dienone is 1. The molecule has 0 aliphatic carbocycles. The highest BCUT2D eigenvalue weighted by Gasteiger charge is 2.31. The minimum absolute atomic E-state index is 0.0292. The molecule has 6 rings (SSSR count). The predicted molar refractivity (Wildman–Crippen MR) is 157 cm³/mol. The lowest BCUT2D eigenvalue weighted by Crippen LogP contribution is -2.53. The van der Waals surface area contributed by atoms with Gasteiger partial charge < -0.3 is 35.2 Å². The van der Waals surface area contributed by atoms with Crippen molar-refractivity contribution in [2.75, 3.05) is 26.7 Å². The Morgan fingerprint density at radius 2 is 2.02 bits per heavy atom. The maximum Gasteiger partial charge on any atom is 0.263 e. The number of amides is 1. The molecule has 0 bridgehead atoms. The number of piperazine rings is 1. The van der Waals surface area contributed by atoms with E-state index in [0.29, 0.717) is 37.6 Å². The Hall–Kier alpha value is -4.43. The van der Waals surface area contributed by atoms with Crippen LogP contribution in [0.4, 0.5) is 8.78 Å². The van der Waals surface area contributed by atoms with E-state index in [1.54, 1.807) is 6.08 Å². The lowest BCUT2D eigenvalue weighted by Gasteiger charge is -2.42. The Labute approximate surface area is 254 Å². The normalized spacial score (nSPS) is 20.5. The first-order valence-electron chi connectivity index (χ1n) is 14.1. The van der Waals surface area contributed by atoms with E-state index in [1.165, 1.54) is 15.3 Å². The van der Waals surface area contributed by atoms with E-state index in [2.05, 4.69) is 20.5 Å². The summed E-state index contributed by atoms with van der Waals surface area (Å²) < 4.78 is 33.1. The number of aldehydes is 1. The number of hydrogen-bond donors (Lipinski definition) is 4. The van der Waals surface area contributed by atoms with Crippen LogP contribution < -0.4 is 16.2 Å². The van der Waals surface area contributed by atoms with Crippen molar-refractivity contribution in [3.05, 3.63) is 62.4 Å². The van der Waals surface area contributed by atoms with Crippen molar-refractivity contribution in [3.63, 3.8) is 0 Å². The van der Waals surface area contributed by atoms with Crippen molar-refractivity contribution in [1.29, 1.82) is 0 Å². The summed E-state index contributed by atoms with van der Waals surface area (Å²) >= 11 is 6.26. The molecule has 44 heavy (non-hydrogen) atoms. The van der Waals surface area contributed by atoms with Crippen LogP contribution in [0.1, 0.15) is 29.5 Å². The number of carbonyl (C=O) groups excluding carboxylic acids is 2. The fraction of sp³-hybridized carbons (Fsp3) is 0.379. The van der Waals surface area contributed by atoms with Gasteiger partial charge in [0.2, 0.25) is 12.2 Å². The molecule has 3 aliphatic rings. The number of alkyl halides is 1. The number of aromatic nitrogens is 3. The molecule has 0 saturated carbocycles. The van der Waals surface area contributed by atoms with Crippen molar-refractivity contribution in [1.82, 2.24) is 34.6 Å². The van der Waals surface area contributed by atoms with Gasteiger partial charge in [0.05, 0.1) is 21.7 Å². The zero-order valence-electron chi connectivity index (χ0n) is 23.9. The average molecular weight is 630 g/mol. The zero-order valence-corrected chi connectivity index (χ0v) is 24.7. The number of phenols is 2. The second kappa shape index (κ2) is 11.2. The van der Waals surface area contributed by atoms with Crippen LogP contribution in [-0.2, 0) is 24.3 Å². The number of phenolic OH excluding ortho intramolecular Hbond substituents is 2. The molecule has 0 spiro atoms. The van der Waals surface area contributed by atoms with E-state index in [4.69, 9.17) is 11.6 Å². The Bertz CT molecular complexity index is 1830. The molecule has 3 aromatic rings. The van der Waals surface area contributed by atoms with Gasteiger partial charge >= 0.3 is 0 Å². The highest BCUT2D eigenvalue weighted by atomic mass is 35.5. The third kappa shape index (κ3) is 4.97. The van der Waals surface area contributed by atoms with Crippen LogP contribution in [0.25, 0.3) is 22.2 Å². The molecule has 1 fully saturated rings. The molecule has 1 aromatic carbocycles. The molecule has 1 amide bonds. The molecular weight excluding hydrogens is 600 g/mol. The Balaban J connectivity index is 1.38. The summed E-state index contributed by atoms with van der Waals surface area (Å²) in [5, 5.41) is 25.3. The van der Waals surface area contributed by atoms with Crippen LogP contribution in [0.2, 0.25) is 0 Å². The monoisotopic (exact) mass is 629 g/mol.